The van der Waals surface area contributed by atoms with E-state index < -0.39 is 0 Å². The van der Waals surface area contributed by atoms with E-state index in [2.05, 4.69) is 10.1 Å². The highest BCUT2D eigenvalue weighted by Gasteiger charge is 2.33. The highest BCUT2D eigenvalue weighted by Crippen LogP contribution is 2.39. The summed E-state index contributed by atoms with van der Waals surface area (Å²) in [5.74, 6) is 3.71. The first-order valence-corrected chi connectivity index (χ1v) is 8.78. The largest absolute Gasteiger partial charge is 0.480 e. The van der Waals surface area contributed by atoms with Crippen LogP contribution in [0, 0.1) is 0 Å². The number of rotatable bonds is 2. The lowest BCUT2D eigenvalue weighted by Gasteiger charge is -2.22. The summed E-state index contributed by atoms with van der Waals surface area (Å²) < 4.78 is 11.2. The number of nitrogens with zero attached hydrogens (tertiary/aromatic N) is 2. The molecule has 0 spiro atoms. The Kier molecular flexibility index (Phi) is 3.39. The van der Waals surface area contributed by atoms with Gasteiger partial charge in [0.15, 0.2) is 11.9 Å². The molecule has 108 valence electrons. The molecule has 0 bridgehead atoms. The second kappa shape index (κ2) is 5.38. The predicted molar refractivity (Wildman–Crippen MR) is 79.9 cm³/mol. The Balaban J connectivity index is 1.55. The van der Waals surface area contributed by atoms with Crippen LogP contribution in [0.15, 0.2) is 33.7 Å². The summed E-state index contributed by atoms with van der Waals surface area (Å²) in [6.07, 6.45) is -0.230. The van der Waals surface area contributed by atoms with Gasteiger partial charge in [-0.05, 0) is 12.1 Å². The summed E-state index contributed by atoms with van der Waals surface area (Å²) in [5.41, 5.74) is 0. The van der Waals surface area contributed by atoms with Crippen molar-refractivity contribution < 1.29 is 14.1 Å². The maximum Gasteiger partial charge on any atom is 0.238 e. The summed E-state index contributed by atoms with van der Waals surface area (Å²) in [5, 5.41) is 4.01. The van der Waals surface area contributed by atoms with Gasteiger partial charge >= 0.3 is 0 Å². The maximum atomic E-state index is 11.7. The summed E-state index contributed by atoms with van der Waals surface area (Å²) in [6.45, 7) is 0. The fourth-order valence-corrected chi connectivity index (χ4v) is 4.41. The van der Waals surface area contributed by atoms with Crippen molar-refractivity contribution in [3.63, 3.8) is 0 Å². The molecule has 1 aromatic carbocycles. The van der Waals surface area contributed by atoms with Gasteiger partial charge in [-0.2, -0.15) is 16.7 Å². The minimum Gasteiger partial charge on any atom is -0.480 e. The minimum absolute atomic E-state index is 0.166. The van der Waals surface area contributed by atoms with Crippen LogP contribution in [0.3, 0.4) is 0 Å². The molecule has 1 fully saturated rings. The van der Waals surface area contributed by atoms with E-state index in [0.717, 1.165) is 22.2 Å². The highest BCUT2D eigenvalue weighted by atomic mass is 32.2. The van der Waals surface area contributed by atoms with E-state index in [-0.39, 0.29) is 17.8 Å². The van der Waals surface area contributed by atoms with Gasteiger partial charge in [-0.25, -0.2) is 0 Å². The quantitative estimate of drug-likeness (QED) is 0.843. The average Bonchev–Trinajstić information content (AvgIpc) is 3.15. The summed E-state index contributed by atoms with van der Waals surface area (Å²) in [7, 11) is 0. The number of aromatic nitrogens is 2. The molecule has 5 nitrogen and oxygen atoms in total. The van der Waals surface area contributed by atoms with Gasteiger partial charge in [-0.3, -0.25) is 4.79 Å². The van der Waals surface area contributed by atoms with Crippen LogP contribution in [0.4, 0.5) is 0 Å². The third kappa shape index (κ3) is 2.44. The molecule has 1 saturated heterocycles. The smallest absolute Gasteiger partial charge is 0.238 e. The average molecular weight is 320 g/mol. The van der Waals surface area contributed by atoms with E-state index >= 15 is 0 Å². The zero-order valence-corrected chi connectivity index (χ0v) is 12.7. The van der Waals surface area contributed by atoms with Crippen LogP contribution in [0.1, 0.15) is 23.7 Å². The topological polar surface area (TPSA) is 65.2 Å². The lowest BCUT2D eigenvalue weighted by Crippen LogP contribution is -2.16. The molecule has 0 radical (unpaired) electrons. The van der Waals surface area contributed by atoms with E-state index in [1.54, 1.807) is 23.5 Å². The molecular formula is C14H12N2O3S2. The number of hydrogen-bond acceptors (Lipinski definition) is 7. The molecule has 7 heteroatoms. The van der Waals surface area contributed by atoms with E-state index in [9.17, 15) is 4.79 Å². The second-order valence-corrected chi connectivity index (χ2v) is 6.98. The molecule has 3 heterocycles. The lowest BCUT2D eigenvalue weighted by molar-refractivity contribution is -0.117. The Morgan fingerprint density at radius 3 is 3.00 bits per heavy atom. The first kappa shape index (κ1) is 13.2. The third-order valence-electron chi connectivity index (χ3n) is 3.47. The Morgan fingerprint density at radius 2 is 2.14 bits per heavy atom. The number of benzene rings is 1. The molecule has 2 aliphatic heterocycles. The normalized spacial score (nSPS) is 24.7. The molecule has 0 N–H and O–H groups in total. The van der Waals surface area contributed by atoms with Crippen LogP contribution in [0.5, 0.6) is 5.75 Å². The zero-order chi connectivity index (χ0) is 14.2. The lowest BCUT2D eigenvalue weighted by atomic mass is 10.1. The number of carbonyl (C=O) groups excluding carboxylic acids is 1. The second-order valence-electron chi connectivity index (χ2n) is 4.89. The molecule has 4 rings (SSSR count). The number of ketones is 1. The highest BCUT2D eigenvalue weighted by molar-refractivity contribution is 8.00. The number of carbonyl (C=O) groups is 1. The number of Topliss-reactive ketones (excluding diaryl/α,β-unsaturated/α-hetero) is 1. The monoisotopic (exact) mass is 320 g/mol. The van der Waals surface area contributed by atoms with Crippen molar-refractivity contribution in [3.05, 3.63) is 36.0 Å². The van der Waals surface area contributed by atoms with Crippen LogP contribution in [0.2, 0.25) is 0 Å². The summed E-state index contributed by atoms with van der Waals surface area (Å²) in [6, 6.07) is 7.90. The Hall–Kier alpha value is -1.47. The maximum absolute atomic E-state index is 11.7. The van der Waals surface area contributed by atoms with Gasteiger partial charge in [-0.15, -0.1) is 11.8 Å². The van der Waals surface area contributed by atoms with Gasteiger partial charge in [0.2, 0.25) is 11.7 Å². The van der Waals surface area contributed by atoms with Gasteiger partial charge in [0.1, 0.15) is 11.7 Å². The van der Waals surface area contributed by atoms with Crippen LogP contribution in [0.25, 0.3) is 0 Å². The van der Waals surface area contributed by atoms with Crippen LogP contribution in [-0.2, 0) is 4.79 Å². The van der Waals surface area contributed by atoms with Crippen molar-refractivity contribution in [3.8, 4) is 5.75 Å². The zero-order valence-electron chi connectivity index (χ0n) is 11.0. The third-order valence-corrected chi connectivity index (χ3v) is 5.64. The van der Waals surface area contributed by atoms with Gasteiger partial charge in [0.05, 0.1) is 5.75 Å². The first-order valence-electron chi connectivity index (χ1n) is 6.64. The molecule has 0 saturated carbocycles. The van der Waals surface area contributed by atoms with Gasteiger partial charge in [-0.1, -0.05) is 17.3 Å². The van der Waals surface area contributed by atoms with Crippen molar-refractivity contribution in [2.45, 2.75) is 16.9 Å². The number of para-hydroxylation sites is 1. The van der Waals surface area contributed by atoms with E-state index in [4.69, 9.17) is 9.26 Å². The Morgan fingerprint density at radius 1 is 1.24 bits per heavy atom. The molecule has 2 aliphatic rings. The van der Waals surface area contributed by atoms with Gasteiger partial charge in [0.25, 0.3) is 0 Å². The van der Waals surface area contributed by atoms with Gasteiger partial charge < -0.3 is 9.26 Å². The van der Waals surface area contributed by atoms with Crippen molar-refractivity contribution in [1.82, 2.24) is 10.1 Å². The first-order chi connectivity index (χ1) is 10.3. The molecule has 21 heavy (non-hydrogen) atoms. The molecule has 2 aromatic rings. The van der Waals surface area contributed by atoms with Crippen molar-refractivity contribution >= 4 is 29.3 Å². The Labute approximate surface area is 129 Å². The van der Waals surface area contributed by atoms with Crippen molar-refractivity contribution in [2.75, 3.05) is 17.3 Å². The van der Waals surface area contributed by atoms with Crippen LogP contribution >= 0.6 is 23.5 Å². The number of thioether (sulfide) groups is 2. The molecule has 2 unspecified atom stereocenters. The molecule has 1 aromatic heterocycles. The standard InChI is InChI=1S/C14H12N2O3S2/c17-9-6-20-5-8(9)14-15-13(16-19-14)11-7-21-12-4-2-1-3-10(12)18-11/h1-4,8,11H,5-7H2. The summed E-state index contributed by atoms with van der Waals surface area (Å²) >= 11 is 3.32. The number of hydrogen-bond donors (Lipinski definition) is 0. The van der Waals surface area contributed by atoms with Crippen molar-refractivity contribution in [2.24, 2.45) is 0 Å². The fourth-order valence-electron chi connectivity index (χ4n) is 2.35. The van der Waals surface area contributed by atoms with E-state index in [0.29, 0.717) is 17.5 Å². The molecule has 0 amide bonds. The van der Waals surface area contributed by atoms with Gasteiger partial charge in [0, 0.05) is 16.4 Å². The number of fused-ring (bicyclic) bond motifs is 1. The van der Waals surface area contributed by atoms with Crippen LogP contribution < -0.4 is 4.74 Å². The van der Waals surface area contributed by atoms with Crippen molar-refractivity contribution in [1.29, 1.82) is 0 Å². The van der Waals surface area contributed by atoms with E-state index in [1.165, 1.54) is 0 Å². The molecule has 0 aliphatic carbocycles. The van der Waals surface area contributed by atoms with E-state index in [1.807, 2.05) is 24.3 Å². The minimum atomic E-state index is -0.250. The Bertz CT molecular complexity index is 688. The predicted octanol–water partition coefficient (Wildman–Crippen LogP) is 2.69. The number of ether oxygens (including phenoxy) is 1. The molecule has 2 atom stereocenters. The van der Waals surface area contributed by atoms with Crippen LogP contribution in [-0.4, -0.2) is 33.2 Å². The molecular weight excluding hydrogens is 308 g/mol. The summed E-state index contributed by atoms with van der Waals surface area (Å²) in [4.78, 5) is 17.3. The SMILES string of the molecule is O=C1CSCC1c1nc(C2CSc3ccccc3O2)no1. The fraction of sp³-hybridized carbons (Fsp3) is 0.357.